The Morgan fingerprint density at radius 1 is 1.32 bits per heavy atom. The van der Waals surface area contributed by atoms with Gasteiger partial charge in [0.2, 0.25) is 5.91 Å². The summed E-state index contributed by atoms with van der Waals surface area (Å²) in [4.78, 5) is 16.4. The summed E-state index contributed by atoms with van der Waals surface area (Å²) >= 11 is 0. The largest absolute Gasteiger partial charge is 0.374 e. The second-order valence-corrected chi connectivity index (χ2v) is 6.64. The Hall–Kier alpha value is -2.25. The number of hydrogen-bond acceptors (Lipinski definition) is 5. The number of amides is 1. The van der Waals surface area contributed by atoms with Crippen molar-refractivity contribution in [3.8, 4) is 0 Å². The molecule has 1 amide bonds. The van der Waals surface area contributed by atoms with Gasteiger partial charge in [-0.1, -0.05) is 35.5 Å². The molecule has 0 N–H and O–H groups in total. The summed E-state index contributed by atoms with van der Waals surface area (Å²) < 4.78 is 7.73. The highest BCUT2D eigenvalue weighted by molar-refractivity contribution is 5.79. The predicted molar refractivity (Wildman–Crippen MR) is 93.8 cm³/mol. The smallest absolute Gasteiger partial charge is 0.237 e. The zero-order valence-electron chi connectivity index (χ0n) is 15.1. The lowest BCUT2D eigenvalue weighted by Crippen LogP contribution is -2.45. The third-order valence-corrected chi connectivity index (χ3v) is 4.41. The molecule has 0 saturated carbocycles. The maximum atomic E-state index is 12.6. The van der Waals surface area contributed by atoms with Crippen LogP contribution in [0.1, 0.15) is 23.0 Å². The Morgan fingerprint density at radius 3 is 2.80 bits per heavy atom. The van der Waals surface area contributed by atoms with Crippen molar-refractivity contribution in [3.63, 3.8) is 0 Å². The van der Waals surface area contributed by atoms with Gasteiger partial charge in [-0.2, -0.15) is 0 Å². The van der Waals surface area contributed by atoms with Crippen molar-refractivity contribution < 1.29 is 9.53 Å². The molecule has 0 spiro atoms. The minimum absolute atomic E-state index is 0.0922. The highest BCUT2D eigenvalue weighted by atomic mass is 16.5. The van der Waals surface area contributed by atoms with E-state index in [9.17, 15) is 4.79 Å². The van der Waals surface area contributed by atoms with Gasteiger partial charge in [0.05, 0.1) is 25.5 Å². The minimum atomic E-state index is -0.186. The molecule has 25 heavy (non-hydrogen) atoms. The van der Waals surface area contributed by atoms with Gasteiger partial charge in [-0.15, -0.1) is 5.10 Å². The molecule has 0 saturated heterocycles. The van der Waals surface area contributed by atoms with Crippen LogP contribution in [0.4, 0.5) is 0 Å². The lowest BCUT2D eigenvalue weighted by atomic mass is 10.0. The molecule has 134 valence electrons. The summed E-state index contributed by atoms with van der Waals surface area (Å²) in [5.74, 6) is 0.0922. The van der Waals surface area contributed by atoms with E-state index in [2.05, 4.69) is 10.3 Å². The number of ether oxygens (including phenoxy) is 1. The van der Waals surface area contributed by atoms with E-state index < -0.39 is 0 Å². The molecule has 1 atom stereocenters. The first-order chi connectivity index (χ1) is 12.1. The molecule has 2 aromatic rings. The van der Waals surface area contributed by atoms with Crippen molar-refractivity contribution in [2.24, 2.45) is 7.05 Å². The molecule has 0 fully saturated rings. The topological polar surface area (TPSA) is 63.5 Å². The first-order valence-corrected chi connectivity index (χ1v) is 8.50. The monoisotopic (exact) mass is 343 g/mol. The molecule has 1 aromatic heterocycles. The maximum Gasteiger partial charge on any atom is 0.237 e. The Morgan fingerprint density at radius 2 is 2.08 bits per heavy atom. The molecule has 0 unspecified atom stereocenters. The SMILES string of the molecule is CN(C)CC(=O)N1CCc2c(nnn2C)[C@@H]1COCc1ccccc1. The number of hydrogen-bond donors (Lipinski definition) is 0. The first kappa shape index (κ1) is 17.6. The molecule has 7 nitrogen and oxygen atoms in total. The van der Waals surface area contributed by atoms with Crippen LogP contribution in [0.3, 0.4) is 0 Å². The van der Waals surface area contributed by atoms with Crippen molar-refractivity contribution in [2.75, 3.05) is 33.8 Å². The van der Waals surface area contributed by atoms with Crippen LogP contribution in [-0.2, 0) is 29.6 Å². The van der Waals surface area contributed by atoms with E-state index in [1.165, 1.54) is 0 Å². The number of aryl methyl sites for hydroxylation is 1. The number of fused-ring (bicyclic) bond motifs is 1. The lowest BCUT2D eigenvalue weighted by Gasteiger charge is -2.35. The van der Waals surface area contributed by atoms with Gasteiger partial charge in [-0.25, -0.2) is 0 Å². The van der Waals surface area contributed by atoms with Gasteiger partial charge in [-0.3, -0.25) is 9.48 Å². The van der Waals surface area contributed by atoms with Gasteiger partial charge in [0.15, 0.2) is 0 Å². The zero-order chi connectivity index (χ0) is 17.8. The first-order valence-electron chi connectivity index (χ1n) is 8.50. The fourth-order valence-corrected chi connectivity index (χ4v) is 3.16. The van der Waals surface area contributed by atoms with E-state index in [1.54, 1.807) is 4.68 Å². The molecule has 0 bridgehead atoms. The van der Waals surface area contributed by atoms with E-state index in [0.29, 0.717) is 26.3 Å². The van der Waals surface area contributed by atoms with E-state index in [1.807, 2.05) is 61.3 Å². The molecule has 7 heteroatoms. The summed E-state index contributed by atoms with van der Waals surface area (Å²) in [7, 11) is 5.69. The molecule has 0 radical (unpaired) electrons. The van der Waals surface area contributed by atoms with Gasteiger partial charge in [0.25, 0.3) is 0 Å². The summed E-state index contributed by atoms with van der Waals surface area (Å²) in [6.45, 7) is 1.98. The maximum absolute atomic E-state index is 12.6. The Labute approximate surface area is 148 Å². The summed E-state index contributed by atoms with van der Waals surface area (Å²) in [6, 6.07) is 9.85. The average Bonchev–Trinajstić information content (AvgIpc) is 2.97. The fraction of sp³-hybridized carbons (Fsp3) is 0.500. The number of carbonyl (C=O) groups is 1. The van der Waals surface area contributed by atoms with E-state index in [4.69, 9.17) is 4.74 Å². The van der Waals surface area contributed by atoms with Crippen molar-refractivity contribution in [3.05, 3.63) is 47.3 Å². The van der Waals surface area contributed by atoms with Gasteiger partial charge in [-0.05, 0) is 19.7 Å². The van der Waals surface area contributed by atoms with Crippen LogP contribution in [0.25, 0.3) is 0 Å². The van der Waals surface area contributed by atoms with Gasteiger partial charge in [0, 0.05) is 20.0 Å². The zero-order valence-corrected chi connectivity index (χ0v) is 15.1. The van der Waals surface area contributed by atoms with Crippen LogP contribution in [-0.4, -0.2) is 64.5 Å². The third kappa shape index (κ3) is 4.05. The lowest BCUT2D eigenvalue weighted by molar-refractivity contribution is -0.136. The highest BCUT2D eigenvalue weighted by Crippen LogP contribution is 2.28. The average molecular weight is 343 g/mol. The predicted octanol–water partition coefficient (Wildman–Crippen LogP) is 1.02. The second kappa shape index (κ2) is 7.76. The quantitative estimate of drug-likeness (QED) is 0.784. The number of carbonyl (C=O) groups excluding carboxylic acids is 1. The molecule has 0 aliphatic carbocycles. The Balaban J connectivity index is 1.73. The van der Waals surface area contributed by atoms with E-state index >= 15 is 0 Å². The highest BCUT2D eigenvalue weighted by Gasteiger charge is 2.34. The fourth-order valence-electron chi connectivity index (χ4n) is 3.16. The summed E-state index contributed by atoms with van der Waals surface area (Å²) in [5, 5.41) is 8.43. The number of benzene rings is 1. The minimum Gasteiger partial charge on any atom is -0.374 e. The van der Waals surface area contributed by atoms with E-state index in [-0.39, 0.29) is 11.9 Å². The molecule has 2 heterocycles. The number of likely N-dealkylation sites (N-methyl/N-ethyl adjacent to an activating group) is 1. The Bertz CT molecular complexity index is 714. The number of rotatable bonds is 6. The van der Waals surface area contributed by atoms with Crippen LogP contribution in [0.5, 0.6) is 0 Å². The van der Waals surface area contributed by atoms with Crippen LogP contribution in [0.2, 0.25) is 0 Å². The molecular formula is C18H25N5O2. The van der Waals surface area contributed by atoms with E-state index in [0.717, 1.165) is 23.4 Å². The van der Waals surface area contributed by atoms with Crippen molar-refractivity contribution in [2.45, 2.75) is 19.1 Å². The van der Waals surface area contributed by atoms with Crippen LogP contribution in [0, 0.1) is 0 Å². The summed E-state index contributed by atoms with van der Waals surface area (Å²) in [6.07, 6.45) is 0.771. The Kier molecular flexibility index (Phi) is 5.45. The van der Waals surface area contributed by atoms with Crippen LogP contribution in [0.15, 0.2) is 30.3 Å². The molecule has 3 rings (SSSR count). The third-order valence-electron chi connectivity index (χ3n) is 4.41. The van der Waals surface area contributed by atoms with Crippen molar-refractivity contribution in [1.82, 2.24) is 24.8 Å². The number of aromatic nitrogens is 3. The molecular weight excluding hydrogens is 318 g/mol. The molecule has 1 aliphatic heterocycles. The molecule has 1 aromatic carbocycles. The standard InChI is InChI=1S/C18H25N5O2/c1-21(2)11-17(24)23-10-9-15-18(19-20-22(15)3)16(23)13-25-12-14-7-5-4-6-8-14/h4-8,16H,9-13H2,1-3H3/t16-/m0/s1. The van der Waals surface area contributed by atoms with Crippen LogP contribution >= 0.6 is 0 Å². The normalized spacial score (nSPS) is 17.0. The second-order valence-electron chi connectivity index (χ2n) is 6.64. The van der Waals surface area contributed by atoms with Crippen molar-refractivity contribution >= 4 is 5.91 Å². The summed E-state index contributed by atoms with van der Waals surface area (Å²) in [5.41, 5.74) is 3.06. The molecule has 1 aliphatic rings. The van der Waals surface area contributed by atoms with Gasteiger partial charge < -0.3 is 14.5 Å². The van der Waals surface area contributed by atoms with Gasteiger partial charge in [0.1, 0.15) is 11.7 Å². The number of nitrogens with zero attached hydrogens (tertiary/aromatic N) is 5. The van der Waals surface area contributed by atoms with Gasteiger partial charge >= 0.3 is 0 Å². The van der Waals surface area contributed by atoms with Crippen LogP contribution < -0.4 is 0 Å². The van der Waals surface area contributed by atoms with Crippen molar-refractivity contribution in [1.29, 1.82) is 0 Å².